The molecular weight excluding hydrogens is 97.1 g/mol. The zero-order valence-corrected chi connectivity index (χ0v) is 6.02. The molecular formula is C5H14BeN2. The Morgan fingerprint density at radius 3 is 2.12 bits per heavy atom. The summed E-state index contributed by atoms with van der Waals surface area (Å²) in [6.07, 6.45) is 0. The van der Waals surface area contributed by atoms with Gasteiger partial charge >= 0.3 is 10.1 Å². The minimum atomic E-state index is 0. The van der Waals surface area contributed by atoms with E-state index in [1.54, 1.807) is 0 Å². The quantitative estimate of drug-likeness (QED) is 0.478. The molecule has 0 aliphatic rings. The molecule has 0 saturated heterocycles. The van der Waals surface area contributed by atoms with Crippen LogP contribution in [0.1, 0.15) is 1.43 Å². The van der Waals surface area contributed by atoms with Crippen molar-refractivity contribution < 1.29 is 1.43 Å². The molecule has 46 valence electrons. The van der Waals surface area contributed by atoms with Crippen LogP contribution in [0, 0.1) is 0 Å². The Balaban J connectivity index is -0.000000180. The van der Waals surface area contributed by atoms with Gasteiger partial charge in [-0.2, -0.15) is 7.05 Å². The number of hydrogen-bond donors (Lipinski definition) is 0. The summed E-state index contributed by atoms with van der Waals surface area (Å²) < 4.78 is 0. The molecule has 0 atom stereocenters. The van der Waals surface area contributed by atoms with Crippen LogP contribution in [-0.2, 0) is 0 Å². The Bertz CT molecular complexity index is 43.9. The molecule has 0 bridgehead atoms. The summed E-state index contributed by atoms with van der Waals surface area (Å²) in [7, 11) is 5.93. The van der Waals surface area contributed by atoms with Gasteiger partial charge in [-0.05, 0) is 20.6 Å². The number of nitrogens with zero attached hydrogens (tertiary/aromatic N) is 2. The third-order valence-electron chi connectivity index (χ3n) is 0.771. The third kappa shape index (κ3) is 9.43. The van der Waals surface area contributed by atoms with Crippen molar-refractivity contribution in [2.24, 2.45) is 0 Å². The van der Waals surface area contributed by atoms with E-state index in [-0.39, 0.29) is 11.5 Å². The Labute approximate surface area is 57.0 Å². The molecule has 3 heteroatoms. The summed E-state index contributed by atoms with van der Waals surface area (Å²) in [6.45, 7) is 2.02. The van der Waals surface area contributed by atoms with Gasteiger partial charge in [-0.15, -0.1) is 6.54 Å². The number of likely N-dealkylation sites (N-methyl/N-ethyl adjacent to an activating group) is 2. The maximum atomic E-state index is 3.93. The molecule has 2 nitrogen and oxygen atoms in total. The monoisotopic (exact) mass is 111 g/mol. The molecule has 0 aliphatic carbocycles. The Kier molecular flexibility index (Phi) is 9.72. The van der Waals surface area contributed by atoms with E-state index in [0.29, 0.717) is 0 Å². The summed E-state index contributed by atoms with van der Waals surface area (Å²) in [5.41, 5.74) is 0. The van der Waals surface area contributed by atoms with E-state index in [9.17, 15) is 0 Å². The summed E-state index contributed by atoms with van der Waals surface area (Å²) in [5, 5.41) is 3.93. The molecule has 0 aliphatic heterocycles. The number of rotatable bonds is 3. The number of hydrogen-bond acceptors (Lipinski definition) is 1. The molecule has 0 rings (SSSR count). The molecule has 0 heterocycles. The topological polar surface area (TPSA) is 17.3 Å². The minimum absolute atomic E-state index is 0. The van der Waals surface area contributed by atoms with Crippen molar-refractivity contribution >= 4 is 10.1 Å². The van der Waals surface area contributed by atoms with Gasteiger partial charge in [-0.3, -0.25) is 0 Å². The standard InChI is InChI=1S/C5H13N2.Be.H/c1-6-4-5-7(2)3;;/h4-5H2,1-3H3;;/q-1;+2;-1. The van der Waals surface area contributed by atoms with Gasteiger partial charge in [0.15, 0.2) is 0 Å². The van der Waals surface area contributed by atoms with E-state index in [1.807, 2.05) is 21.1 Å². The van der Waals surface area contributed by atoms with Gasteiger partial charge in [0, 0.05) is 0 Å². The van der Waals surface area contributed by atoms with Gasteiger partial charge in [0.05, 0.1) is 0 Å². The van der Waals surface area contributed by atoms with Crippen LogP contribution < -0.4 is 0 Å². The van der Waals surface area contributed by atoms with E-state index in [2.05, 4.69) is 10.2 Å². The van der Waals surface area contributed by atoms with Gasteiger partial charge in [-0.25, -0.2) is 0 Å². The molecule has 0 saturated carbocycles. The second kappa shape index (κ2) is 7.09. The molecule has 0 fully saturated rings. The molecule has 0 spiro atoms. The van der Waals surface area contributed by atoms with Crippen LogP contribution in [0.2, 0.25) is 0 Å². The fourth-order valence-electron chi connectivity index (χ4n) is 0.300. The SMILES string of the molecule is C[N-]CCN(C)C.[Be+2].[H-]. The van der Waals surface area contributed by atoms with Crippen molar-refractivity contribution in [3.63, 3.8) is 0 Å². The van der Waals surface area contributed by atoms with Crippen LogP contribution in [0.5, 0.6) is 0 Å². The first-order chi connectivity index (χ1) is 3.27. The molecule has 0 aromatic carbocycles. The van der Waals surface area contributed by atoms with Crippen LogP contribution in [0.15, 0.2) is 0 Å². The normalized spacial score (nSPS) is 9.00. The molecule has 0 aromatic heterocycles. The van der Waals surface area contributed by atoms with Crippen LogP contribution in [0.25, 0.3) is 5.32 Å². The van der Waals surface area contributed by atoms with E-state index >= 15 is 0 Å². The van der Waals surface area contributed by atoms with E-state index in [4.69, 9.17) is 0 Å². The smallest absolute Gasteiger partial charge is 1.00 e. The summed E-state index contributed by atoms with van der Waals surface area (Å²) >= 11 is 0. The third-order valence-corrected chi connectivity index (χ3v) is 0.771. The molecule has 0 radical (unpaired) electrons. The van der Waals surface area contributed by atoms with Crippen LogP contribution >= 0.6 is 0 Å². The van der Waals surface area contributed by atoms with E-state index in [0.717, 1.165) is 13.1 Å². The van der Waals surface area contributed by atoms with Crippen LogP contribution in [-0.4, -0.2) is 49.3 Å². The average Bonchev–Trinajstić information content (AvgIpc) is 1.61. The second-order valence-corrected chi connectivity index (χ2v) is 1.84. The summed E-state index contributed by atoms with van der Waals surface area (Å²) in [4.78, 5) is 2.12. The largest absolute Gasteiger partial charge is 2.00 e. The molecule has 0 N–H and O–H groups in total. The minimum Gasteiger partial charge on any atom is -1.00 e. The van der Waals surface area contributed by atoms with Gasteiger partial charge in [0.1, 0.15) is 0 Å². The van der Waals surface area contributed by atoms with E-state index < -0.39 is 0 Å². The first-order valence-corrected chi connectivity index (χ1v) is 2.47. The van der Waals surface area contributed by atoms with Gasteiger partial charge in [0.25, 0.3) is 0 Å². The van der Waals surface area contributed by atoms with Crippen molar-refractivity contribution in [1.29, 1.82) is 0 Å². The van der Waals surface area contributed by atoms with Crippen LogP contribution in [0.3, 0.4) is 0 Å². The van der Waals surface area contributed by atoms with Crippen molar-refractivity contribution in [2.45, 2.75) is 0 Å². The predicted octanol–water partition coefficient (Wildman–Crippen LogP) is 0.283. The molecule has 0 amide bonds. The Morgan fingerprint density at radius 1 is 1.50 bits per heavy atom. The zero-order valence-electron chi connectivity index (χ0n) is 7.02. The van der Waals surface area contributed by atoms with Gasteiger partial charge in [-0.1, -0.05) is 0 Å². The first kappa shape index (κ1) is 11.0. The second-order valence-electron chi connectivity index (χ2n) is 1.84. The summed E-state index contributed by atoms with van der Waals surface area (Å²) in [6, 6.07) is 0. The van der Waals surface area contributed by atoms with Crippen LogP contribution in [0.4, 0.5) is 0 Å². The van der Waals surface area contributed by atoms with Crippen molar-refractivity contribution in [3.8, 4) is 0 Å². The van der Waals surface area contributed by atoms with Crippen molar-refractivity contribution in [2.75, 3.05) is 34.2 Å². The zero-order chi connectivity index (χ0) is 5.70. The maximum absolute atomic E-state index is 3.93. The molecule has 8 heavy (non-hydrogen) atoms. The molecule has 0 unspecified atom stereocenters. The Morgan fingerprint density at radius 2 is 2.00 bits per heavy atom. The van der Waals surface area contributed by atoms with Crippen molar-refractivity contribution in [1.82, 2.24) is 4.90 Å². The van der Waals surface area contributed by atoms with Crippen molar-refractivity contribution in [3.05, 3.63) is 5.32 Å². The fourth-order valence-corrected chi connectivity index (χ4v) is 0.300. The Hall–Kier alpha value is 0.0888. The fraction of sp³-hybridized carbons (Fsp3) is 1.00. The van der Waals surface area contributed by atoms with Gasteiger partial charge in [0.2, 0.25) is 0 Å². The first-order valence-electron chi connectivity index (χ1n) is 2.47. The molecule has 0 aromatic rings. The van der Waals surface area contributed by atoms with E-state index in [1.165, 1.54) is 0 Å². The predicted molar refractivity (Wildman–Crippen MR) is 39.6 cm³/mol. The average molecular weight is 111 g/mol. The maximum Gasteiger partial charge on any atom is 2.00 e. The van der Waals surface area contributed by atoms with Gasteiger partial charge < -0.3 is 11.6 Å². The summed E-state index contributed by atoms with van der Waals surface area (Å²) in [5.74, 6) is 0.